The van der Waals surface area contributed by atoms with Gasteiger partial charge in [-0.05, 0) is 36.2 Å². The number of fused-ring (bicyclic) bond motifs is 1. The third kappa shape index (κ3) is 1.34. The molecule has 1 spiro atoms. The van der Waals surface area contributed by atoms with Gasteiger partial charge in [-0.15, -0.1) is 0 Å². The average Bonchev–Trinajstić information content (AvgIpc) is 2.68. The molecule has 3 nitrogen and oxygen atoms in total. The monoisotopic (exact) mass is 262 g/mol. The molecule has 0 aromatic heterocycles. The minimum Gasteiger partial charge on any atom is -0.457 e. The molecule has 2 fully saturated rings. The van der Waals surface area contributed by atoms with Crippen molar-refractivity contribution in [1.29, 1.82) is 0 Å². The Labute approximate surface area is 114 Å². The number of hydrogen-bond donors (Lipinski definition) is 0. The van der Waals surface area contributed by atoms with Gasteiger partial charge in [0.2, 0.25) is 0 Å². The zero-order valence-corrected chi connectivity index (χ0v) is 12.1. The van der Waals surface area contributed by atoms with Gasteiger partial charge in [0.05, 0.1) is 5.41 Å². The molecular formula is C16H22O3. The van der Waals surface area contributed by atoms with E-state index in [4.69, 9.17) is 4.74 Å². The van der Waals surface area contributed by atoms with Crippen LogP contribution in [0.5, 0.6) is 0 Å². The third-order valence-corrected chi connectivity index (χ3v) is 5.93. The Morgan fingerprint density at radius 3 is 2.63 bits per heavy atom. The van der Waals surface area contributed by atoms with Crippen LogP contribution in [0, 0.1) is 28.6 Å². The summed E-state index contributed by atoms with van der Waals surface area (Å²) in [6, 6.07) is 0. The van der Waals surface area contributed by atoms with Crippen LogP contribution in [0.1, 0.15) is 40.5 Å². The molecule has 0 aromatic rings. The van der Waals surface area contributed by atoms with E-state index in [9.17, 15) is 9.59 Å². The van der Waals surface area contributed by atoms with Gasteiger partial charge in [0.1, 0.15) is 6.10 Å². The summed E-state index contributed by atoms with van der Waals surface area (Å²) in [4.78, 5) is 24.3. The summed E-state index contributed by atoms with van der Waals surface area (Å²) in [5, 5.41) is 0. The molecule has 104 valence electrons. The van der Waals surface area contributed by atoms with Crippen molar-refractivity contribution < 1.29 is 14.3 Å². The highest BCUT2D eigenvalue weighted by Gasteiger charge is 2.71. The largest absolute Gasteiger partial charge is 0.457 e. The summed E-state index contributed by atoms with van der Waals surface area (Å²) in [6.07, 6.45) is 5.70. The number of allylic oxidation sites excluding steroid dienone is 1. The zero-order valence-electron chi connectivity index (χ0n) is 12.1. The van der Waals surface area contributed by atoms with Gasteiger partial charge in [0, 0.05) is 12.8 Å². The van der Waals surface area contributed by atoms with Crippen molar-refractivity contribution in [3.8, 4) is 0 Å². The summed E-state index contributed by atoms with van der Waals surface area (Å²) in [6.45, 7) is 7.96. The molecule has 0 unspecified atom stereocenters. The van der Waals surface area contributed by atoms with Crippen LogP contribution in [0.4, 0.5) is 0 Å². The molecular weight excluding hydrogens is 240 g/mol. The fourth-order valence-electron chi connectivity index (χ4n) is 5.11. The number of esters is 1. The molecule has 19 heavy (non-hydrogen) atoms. The number of ketones is 1. The smallest absolute Gasteiger partial charge is 0.303 e. The van der Waals surface area contributed by atoms with Gasteiger partial charge in [-0.2, -0.15) is 0 Å². The normalized spacial score (nSPS) is 46.2. The van der Waals surface area contributed by atoms with Crippen molar-refractivity contribution in [2.24, 2.45) is 28.6 Å². The van der Waals surface area contributed by atoms with Crippen LogP contribution >= 0.6 is 0 Å². The van der Waals surface area contributed by atoms with Gasteiger partial charge >= 0.3 is 5.97 Å². The van der Waals surface area contributed by atoms with Gasteiger partial charge < -0.3 is 4.74 Å². The topological polar surface area (TPSA) is 43.4 Å². The lowest BCUT2D eigenvalue weighted by Crippen LogP contribution is -2.49. The fraction of sp³-hybridized carbons (Fsp3) is 0.750. The van der Waals surface area contributed by atoms with E-state index in [-0.39, 0.29) is 23.4 Å². The Bertz CT molecular complexity index is 476. The maximum absolute atomic E-state index is 13.0. The van der Waals surface area contributed by atoms with Crippen LogP contribution in [-0.2, 0) is 14.3 Å². The summed E-state index contributed by atoms with van der Waals surface area (Å²) < 4.78 is 5.51. The number of ether oxygens (including phenoxy) is 1. The fourth-order valence-corrected chi connectivity index (χ4v) is 5.11. The Morgan fingerprint density at radius 2 is 2.00 bits per heavy atom. The lowest BCUT2D eigenvalue weighted by Gasteiger charge is -2.40. The quantitative estimate of drug-likeness (QED) is 0.539. The predicted octanol–water partition coefficient (Wildman–Crippen LogP) is 2.75. The Morgan fingerprint density at radius 1 is 1.32 bits per heavy atom. The second-order valence-electron chi connectivity index (χ2n) is 7.04. The first-order valence-electron chi connectivity index (χ1n) is 7.22. The molecule has 0 aromatic carbocycles. The van der Waals surface area contributed by atoms with Crippen molar-refractivity contribution in [3.05, 3.63) is 12.2 Å². The summed E-state index contributed by atoms with van der Waals surface area (Å²) >= 11 is 0. The van der Waals surface area contributed by atoms with E-state index in [1.807, 2.05) is 12.2 Å². The molecule has 3 aliphatic rings. The zero-order chi connectivity index (χ0) is 14.0. The molecule has 0 aliphatic heterocycles. The first-order chi connectivity index (χ1) is 8.82. The van der Waals surface area contributed by atoms with Crippen LogP contribution < -0.4 is 0 Å². The van der Waals surface area contributed by atoms with E-state index in [0.29, 0.717) is 17.6 Å². The standard InChI is InChI=1S/C16H22O3/c1-9-5-7-12-15(3,4)11-6-8-13(19-10(2)17)16(9,12)14(11)18/h6,8-9,11-13H,5,7H2,1-4H3/t9-,11-,12+,13+,16+/m1/s1. The third-order valence-electron chi connectivity index (χ3n) is 5.93. The van der Waals surface area contributed by atoms with Gasteiger partial charge in [-0.1, -0.05) is 26.8 Å². The molecule has 3 heteroatoms. The van der Waals surface area contributed by atoms with Gasteiger partial charge in [-0.25, -0.2) is 0 Å². The van der Waals surface area contributed by atoms with Crippen molar-refractivity contribution in [2.75, 3.05) is 0 Å². The molecule has 2 saturated carbocycles. The summed E-state index contributed by atoms with van der Waals surface area (Å²) in [7, 11) is 0. The van der Waals surface area contributed by atoms with Gasteiger partial charge in [-0.3, -0.25) is 9.59 Å². The van der Waals surface area contributed by atoms with Crippen molar-refractivity contribution >= 4 is 11.8 Å². The molecule has 0 amide bonds. The number of rotatable bonds is 1. The van der Waals surface area contributed by atoms with Crippen molar-refractivity contribution in [2.45, 2.75) is 46.6 Å². The summed E-state index contributed by atoms with van der Waals surface area (Å²) in [5.41, 5.74) is -0.484. The molecule has 3 rings (SSSR count). The van der Waals surface area contributed by atoms with Crippen LogP contribution in [-0.4, -0.2) is 17.9 Å². The number of carbonyl (C=O) groups excluding carboxylic acids is 2. The average molecular weight is 262 g/mol. The molecule has 5 atom stereocenters. The van der Waals surface area contributed by atoms with Crippen LogP contribution in [0.15, 0.2) is 12.2 Å². The Kier molecular flexibility index (Phi) is 2.52. The van der Waals surface area contributed by atoms with Crippen molar-refractivity contribution in [1.82, 2.24) is 0 Å². The molecule has 0 N–H and O–H groups in total. The van der Waals surface area contributed by atoms with E-state index in [2.05, 4.69) is 20.8 Å². The van der Waals surface area contributed by atoms with Crippen molar-refractivity contribution in [3.63, 3.8) is 0 Å². The van der Waals surface area contributed by atoms with Crippen LogP contribution in [0.2, 0.25) is 0 Å². The maximum Gasteiger partial charge on any atom is 0.303 e. The molecule has 0 heterocycles. The minimum absolute atomic E-state index is 0.00735. The second-order valence-corrected chi connectivity index (χ2v) is 7.04. The highest BCUT2D eigenvalue weighted by atomic mass is 16.5. The molecule has 0 saturated heterocycles. The highest BCUT2D eigenvalue weighted by molar-refractivity contribution is 5.95. The lowest BCUT2D eigenvalue weighted by molar-refractivity contribution is -0.158. The van der Waals surface area contributed by atoms with E-state index >= 15 is 0 Å². The number of Topliss-reactive ketones (excluding diaryl/α,β-unsaturated/α-hetero) is 1. The van der Waals surface area contributed by atoms with E-state index in [1.165, 1.54) is 6.92 Å². The second kappa shape index (κ2) is 3.71. The Hall–Kier alpha value is -1.12. The maximum atomic E-state index is 13.0. The first kappa shape index (κ1) is 12.9. The Balaban J connectivity index is 2.14. The molecule has 0 radical (unpaired) electrons. The predicted molar refractivity (Wildman–Crippen MR) is 71.3 cm³/mol. The number of carbonyl (C=O) groups is 2. The van der Waals surface area contributed by atoms with E-state index < -0.39 is 5.41 Å². The number of hydrogen-bond acceptors (Lipinski definition) is 3. The lowest BCUT2D eigenvalue weighted by atomic mass is 9.66. The van der Waals surface area contributed by atoms with E-state index in [1.54, 1.807) is 0 Å². The minimum atomic E-state index is -0.464. The van der Waals surface area contributed by atoms with E-state index in [0.717, 1.165) is 12.8 Å². The van der Waals surface area contributed by atoms with Crippen LogP contribution in [0.25, 0.3) is 0 Å². The SMILES string of the molecule is CC(=O)O[C@H]1C=C[C@@H]2C(=O)[C@]13[C@H](C)CC[C@H]3C2(C)C. The highest BCUT2D eigenvalue weighted by Crippen LogP contribution is 2.68. The molecule has 2 bridgehead atoms. The van der Waals surface area contributed by atoms with Gasteiger partial charge in [0.25, 0.3) is 0 Å². The first-order valence-corrected chi connectivity index (χ1v) is 7.22. The summed E-state index contributed by atoms with van der Waals surface area (Å²) in [5.74, 6) is 0.626. The van der Waals surface area contributed by atoms with Crippen LogP contribution in [0.3, 0.4) is 0 Å². The molecule has 3 aliphatic carbocycles. The van der Waals surface area contributed by atoms with Gasteiger partial charge in [0.15, 0.2) is 5.78 Å².